The zero-order valence-electron chi connectivity index (χ0n) is 27.9. The summed E-state index contributed by atoms with van der Waals surface area (Å²) in [5.41, 5.74) is 8.61. The van der Waals surface area contributed by atoms with E-state index in [1.807, 2.05) is 0 Å². The Morgan fingerprint density at radius 1 is 1.11 bits per heavy atom. The highest BCUT2D eigenvalue weighted by molar-refractivity contribution is 7.85. The van der Waals surface area contributed by atoms with Gasteiger partial charge in [-0.3, -0.25) is 9.35 Å². The van der Waals surface area contributed by atoms with Crippen molar-refractivity contribution in [1.29, 1.82) is 0 Å². The summed E-state index contributed by atoms with van der Waals surface area (Å²) in [4.78, 5) is 13.5. The van der Waals surface area contributed by atoms with Gasteiger partial charge in [0.05, 0.1) is 16.7 Å². The predicted octanol–water partition coefficient (Wildman–Crippen LogP) is 7.39. The number of carboxylic acid groups (broad SMARTS) is 1. The molecule has 9 heteroatoms. The Morgan fingerprint density at radius 2 is 1.89 bits per heavy atom. The maximum absolute atomic E-state index is 12.2. The highest BCUT2D eigenvalue weighted by Gasteiger charge is 2.54. The van der Waals surface area contributed by atoms with Gasteiger partial charge in [0.1, 0.15) is 11.9 Å². The number of rotatable bonds is 11. The minimum atomic E-state index is -4.18. The molecule has 8 nitrogen and oxygen atoms in total. The van der Waals surface area contributed by atoms with Crippen molar-refractivity contribution in [1.82, 2.24) is 0 Å². The number of hydrogen-bond donors (Lipinski definition) is 2. The van der Waals surface area contributed by atoms with Crippen LogP contribution in [0.2, 0.25) is 0 Å². The molecule has 0 saturated heterocycles. The van der Waals surface area contributed by atoms with E-state index in [4.69, 9.17) is 9.84 Å². The maximum Gasteiger partial charge on any atom is 0.303 e. The Hall–Kier alpha value is -3.17. The first kappa shape index (κ1) is 32.8. The molecular formula is C37H49N2O6S+. The summed E-state index contributed by atoms with van der Waals surface area (Å²) in [7, 11) is -4.18. The van der Waals surface area contributed by atoms with E-state index in [1.54, 1.807) is 0 Å². The Kier molecular flexibility index (Phi) is 8.64. The molecule has 3 atom stereocenters. The molecule has 0 bridgehead atoms. The van der Waals surface area contributed by atoms with Gasteiger partial charge in [-0.25, -0.2) is 0 Å². The topological polar surface area (TPSA) is 107 Å². The average molecular weight is 650 g/mol. The smallest absolute Gasteiger partial charge is 0.303 e. The van der Waals surface area contributed by atoms with E-state index >= 15 is 0 Å². The Balaban J connectivity index is 1.44. The van der Waals surface area contributed by atoms with Crippen molar-refractivity contribution in [3.8, 4) is 5.75 Å². The molecule has 46 heavy (non-hydrogen) atoms. The van der Waals surface area contributed by atoms with Crippen LogP contribution in [0, 0.1) is 6.92 Å². The summed E-state index contributed by atoms with van der Waals surface area (Å²) in [6.45, 7) is 12.7. The molecule has 2 N–H and O–H groups in total. The zero-order chi connectivity index (χ0) is 33.0. The fraction of sp³-hybridized carbons (Fsp3) is 0.568. The molecule has 2 aromatic rings. The summed E-state index contributed by atoms with van der Waals surface area (Å²) in [5, 5.41) is 9.15. The fourth-order valence-electron chi connectivity index (χ4n) is 8.59. The van der Waals surface area contributed by atoms with Crippen LogP contribution in [-0.4, -0.2) is 64.8 Å². The Bertz CT molecular complexity index is 1730. The van der Waals surface area contributed by atoms with Gasteiger partial charge in [-0.2, -0.15) is 13.0 Å². The number of fused-ring (bicyclic) bond motifs is 6. The molecule has 0 aliphatic carbocycles. The normalized spacial score (nSPS) is 24.3. The molecule has 0 fully saturated rings. The maximum atomic E-state index is 12.2. The first-order chi connectivity index (χ1) is 21.7. The van der Waals surface area contributed by atoms with Gasteiger partial charge in [-0.1, -0.05) is 37.8 Å². The summed E-state index contributed by atoms with van der Waals surface area (Å²) < 4.78 is 43.7. The molecule has 0 saturated carbocycles. The van der Waals surface area contributed by atoms with Crippen molar-refractivity contribution >= 4 is 39.2 Å². The molecule has 0 aromatic heterocycles. The fourth-order valence-corrected chi connectivity index (χ4v) is 9.40. The van der Waals surface area contributed by atoms with E-state index in [0.717, 1.165) is 74.2 Å². The molecular weight excluding hydrogens is 600 g/mol. The number of hydrogen-bond acceptors (Lipinski definition) is 5. The predicted molar refractivity (Wildman–Crippen MR) is 183 cm³/mol. The van der Waals surface area contributed by atoms with E-state index in [0.29, 0.717) is 12.8 Å². The third-order valence-electron chi connectivity index (χ3n) is 10.7. The molecule has 2 aromatic carbocycles. The van der Waals surface area contributed by atoms with Gasteiger partial charge in [-0.05, 0) is 77.2 Å². The van der Waals surface area contributed by atoms with E-state index < -0.39 is 16.1 Å². The molecule has 4 aliphatic rings. The summed E-state index contributed by atoms with van der Waals surface area (Å²) in [6.07, 6.45) is 9.32. The van der Waals surface area contributed by atoms with Gasteiger partial charge < -0.3 is 14.7 Å². The van der Waals surface area contributed by atoms with Crippen LogP contribution < -0.4 is 9.64 Å². The molecule has 0 radical (unpaired) electrons. The second-order valence-corrected chi connectivity index (χ2v) is 16.2. The number of carboxylic acids is 1. The van der Waals surface area contributed by atoms with Gasteiger partial charge in [0, 0.05) is 59.8 Å². The monoisotopic (exact) mass is 649 g/mol. The number of ether oxygens (including phenoxy) is 1. The quantitative estimate of drug-likeness (QED) is 0.148. The largest absolute Gasteiger partial charge is 0.485 e. The standard InChI is InChI=1S/C37H48N2O6S/c1-6-7-16-39-31-21-33-25(19-27(31)26(22-36(39,3)4)23-46(42,43)44)20-28-32(45-33)14-17-38-30-13-12-24(2)18-29(30)37(5,35(28)38)15-10-8-9-11-34(40)41/h12-13,18-21,26,32H,6-11,14-17,22-23H2,1-5H3,(H-,40,41,42,43,44)/p+1. The summed E-state index contributed by atoms with van der Waals surface area (Å²) in [5.74, 6) is -0.549. The highest BCUT2D eigenvalue weighted by atomic mass is 32.2. The average Bonchev–Trinajstić information content (AvgIpc) is 3.21. The van der Waals surface area contributed by atoms with E-state index in [2.05, 4.69) is 80.5 Å². The summed E-state index contributed by atoms with van der Waals surface area (Å²) in [6, 6.07) is 11.0. The second-order valence-electron chi connectivity index (χ2n) is 14.7. The zero-order valence-corrected chi connectivity index (χ0v) is 28.8. The molecule has 3 unspecified atom stereocenters. The number of carbonyl (C=O) groups is 1. The van der Waals surface area contributed by atoms with E-state index in [1.165, 1.54) is 28.1 Å². The van der Waals surface area contributed by atoms with Crippen LogP contribution in [0.15, 0.2) is 35.9 Å². The van der Waals surface area contributed by atoms with Crippen molar-refractivity contribution in [2.24, 2.45) is 0 Å². The minimum absolute atomic E-state index is 0.0900. The van der Waals surface area contributed by atoms with Gasteiger partial charge in [0.15, 0.2) is 12.3 Å². The number of unbranched alkanes of at least 4 members (excludes halogenated alkanes) is 3. The SMILES string of the molecule is CCCCN1c2cc3c(cc2C(CS(=O)(=O)O)CC1(C)C)C=C1C2=[N+](CCC1O3)c1ccc(C)cc1C2(C)CCCCCC(=O)O. The van der Waals surface area contributed by atoms with Gasteiger partial charge in [0.25, 0.3) is 10.1 Å². The van der Waals surface area contributed by atoms with Crippen molar-refractivity contribution in [3.63, 3.8) is 0 Å². The number of aliphatic carboxylic acids is 1. The van der Waals surface area contributed by atoms with E-state index in [-0.39, 0.29) is 35.1 Å². The van der Waals surface area contributed by atoms with Crippen molar-refractivity contribution in [3.05, 3.63) is 58.2 Å². The molecule has 4 aliphatic heterocycles. The van der Waals surface area contributed by atoms with E-state index in [9.17, 15) is 17.8 Å². The molecule has 4 heterocycles. The second kappa shape index (κ2) is 12.1. The minimum Gasteiger partial charge on any atom is -0.485 e. The van der Waals surface area contributed by atoms with Crippen LogP contribution in [0.5, 0.6) is 5.75 Å². The lowest BCUT2D eigenvalue weighted by Crippen LogP contribution is -2.50. The van der Waals surface area contributed by atoms with Crippen LogP contribution in [0.25, 0.3) is 6.08 Å². The van der Waals surface area contributed by atoms with Crippen molar-refractivity contribution < 1.29 is 32.2 Å². The first-order valence-electron chi connectivity index (χ1n) is 17.0. The Labute approximate surface area is 273 Å². The number of nitrogens with zero attached hydrogens (tertiary/aromatic N) is 2. The summed E-state index contributed by atoms with van der Waals surface area (Å²) >= 11 is 0. The van der Waals surface area contributed by atoms with Crippen LogP contribution in [-0.2, 0) is 20.3 Å². The lowest BCUT2D eigenvalue weighted by molar-refractivity contribution is -0.444. The molecule has 6 rings (SSSR count). The third kappa shape index (κ3) is 6.01. The van der Waals surface area contributed by atoms with Crippen LogP contribution in [0.1, 0.15) is 114 Å². The first-order valence-corrected chi connectivity index (χ1v) is 18.6. The van der Waals surface area contributed by atoms with Crippen LogP contribution in [0.3, 0.4) is 0 Å². The Morgan fingerprint density at radius 3 is 2.61 bits per heavy atom. The lowest BCUT2D eigenvalue weighted by atomic mass is 9.71. The van der Waals surface area contributed by atoms with Crippen LogP contribution in [0.4, 0.5) is 11.4 Å². The lowest BCUT2D eigenvalue weighted by Gasteiger charge is -2.48. The highest BCUT2D eigenvalue weighted by Crippen LogP contribution is 2.52. The number of aryl methyl sites for hydroxylation is 1. The van der Waals surface area contributed by atoms with Gasteiger partial charge >= 0.3 is 5.97 Å². The van der Waals surface area contributed by atoms with Crippen LogP contribution >= 0.6 is 0 Å². The molecule has 0 amide bonds. The third-order valence-corrected chi connectivity index (χ3v) is 11.5. The molecule has 0 spiro atoms. The number of anilines is 1. The van der Waals surface area contributed by atoms with Gasteiger partial charge in [-0.15, -0.1) is 0 Å². The number of benzene rings is 2. The van der Waals surface area contributed by atoms with Crippen molar-refractivity contribution in [2.75, 3.05) is 23.7 Å². The van der Waals surface area contributed by atoms with Gasteiger partial charge in [0.2, 0.25) is 5.69 Å². The van der Waals surface area contributed by atoms with Crippen molar-refractivity contribution in [2.45, 2.75) is 115 Å². The molecule has 248 valence electrons.